The van der Waals surface area contributed by atoms with E-state index in [0.717, 1.165) is 27.7 Å². The van der Waals surface area contributed by atoms with E-state index in [1.807, 2.05) is 13.8 Å². The van der Waals surface area contributed by atoms with Crippen LogP contribution in [0.3, 0.4) is 0 Å². The Bertz CT molecular complexity index is 662. The number of hydrogen-bond acceptors (Lipinski definition) is 4. The van der Waals surface area contributed by atoms with Gasteiger partial charge in [0.1, 0.15) is 0 Å². The van der Waals surface area contributed by atoms with Gasteiger partial charge in [-0.25, -0.2) is 4.98 Å². The second-order valence-corrected chi connectivity index (χ2v) is 3.61. The van der Waals surface area contributed by atoms with E-state index in [1.165, 1.54) is 0 Å². The van der Waals surface area contributed by atoms with Crippen LogP contribution in [-0.4, -0.2) is 25.4 Å². The number of nitrogens with zero attached hydrogens (tertiary/aromatic N) is 3. The fourth-order valence-corrected chi connectivity index (χ4v) is 1.96. The molecular formula is C9H10N6. The summed E-state index contributed by atoms with van der Waals surface area (Å²) < 4.78 is 0. The molecule has 6 nitrogen and oxygen atoms in total. The quantitative estimate of drug-likeness (QED) is 0.507. The third kappa shape index (κ3) is 0.903. The molecule has 0 radical (unpaired) electrons. The van der Waals surface area contributed by atoms with Gasteiger partial charge in [0.15, 0.2) is 11.5 Å². The molecule has 0 aromatic carbocycles. The molecule has 0 saturated carbocycles. The zero-order chi connectivity index (χ0) is 10.6. The molecule has 4 N–H and O–H groups in total. The van der Waals surface area contributed by atoms with Crippen molar-refractivity contribution in [3.63, 3.8) is 0 Å². The summed E-state index contributed by atoms with van der Waals surface area (Å²) in [5.41, 5.74) is 9.24. The first kappa shape index (κ1) is 8.22. The van der Waals surface area contributed by atoms with Crippen LogP contribution in [0.5, 0.6) is 0 Å². The molecule has 3 aromatic rings. The molecule has 0 aliphatic carbocycles. The van der Waals surface area contributed by atoms with Crippen molar-refractivity contribution in [3.8, 4) is 0 Å². The average molecular weight is 202 g/mol. The molecule has 0 saturated heterocycles. The van der Waals surface area contributed by atoms with Crippen LogP contribution in [0.2, 0.25) is 0 Å². The minimum absolute atomic E-state index is 0.415. The van der Waals surface area contributed by atoms with Gasteiger partial charge >= 0.3 is 0 Å². The Hall–Kier alpha value is -2.11. The van der Waals surface area contributed by atoms with E-state index in [2.05, 4.69) is 25.4 Å². The molecule has 76 valence electrons. The van der Waals surface area contributed by atoms with Crippen molar-refractivity contribution in [2.75, 3.05) is 5.73 Å². The van der Waals surface area contributed by atoms with Crippen LogP contribution in [0.4, 0.5) is 5.82 Å². The molecule has 15 heavy (non-hydrogen) atoms. The molecule has 0 unspecified atom stereocenters. The van der Waals surface area contributed by atoms with Gasteiger partial charge in [-0.2, -0.15) is 0 Å². The lowest BCUT2D eigenvalue weighted by Gasteiger charge is -1.97. The second-order valence-electron chi connectivity index (χ2n) is 3.61. The molecule has 3 rings (SSSR count). The van der Waals surface area contributed by atoms with Crippen molar-refractivity contribution < 1.29 is 0 Å². The standard InChI is InChI=1S/C9H10N6/c1-3-5-4(2)12-13-7(5)6-8(10)14-15-9(6)11-3/h12-13H,1-2H3,(H2,10,14). The lowest BCUT2D eigenvalue weighted by Crippen LogP contribution is -1.88. The van der Waals surface area contributed by atoms with Gasteiger partial charge in [0.2, 0.25) is 0 Å². The number of pyridine rings is 1. The molecule has 0 bridgehead atoms. The maximum absolute atomic E-state index is 5.75. The van der Waals surface area contributed by atoms with Crippen LogP contribution >= 0.6 is 0 Å². The van der Waals surface area contributed by atoms with Crippen LogP contribution in [-0.2, 0) is 0 Å². The minimum atomic E-state index is 0.415. The van der Waals surface area contributed by atoms with E-state index in [9.17, 15) is 0 Å². The zero-order valence-corrected chi connectivity index (χ0v) is 8.42. The first-order valence-electron chi connectivity index (χ1n) is 4.63. The summed E-state index contributed by atoms with van der Waals surface area (Å²) in [5.74, 6) is 0.415. The molecule has 0 aliphatic heterocycles. The van der Waals surface area contributed by atoms with Gasteiger partial charge in [-0.1, -0.05) is 0 Å². The highest BCUT2D eigenvalue weighted by atomic mass is 15.2. The predicted molar refractivity (Wildman–Crippen MR) is 57.4 cm³/mol. The topological polar surface area (TPSA) is 96.3 Å². The van der Waals surface area contributed by atoms with Crippen LogP contribution in [0.1, 0.15) is 11.4 Å². The maximum atomic E-state index is 5.75. The Morgan fingerprint density at radius 2 is 1.87 bits per heavy atom. The molecular weight excluding hydrogens is 192 g/mol. The fourth-order valence-electron chi connectivity index (χ4n) is 1.96. The number of aromatic nitrogens is 5. The summed E-state index contributed by atoms with van der Waals surface area (Å²) in [6.07, 6.45) is 0. The van der Waals surface area contributed by atoms with Crippen molar-refractivity contribution in [1.29, 1.82) is 0 Å². The van der Waals surface area contributed by atoms with Gasteiger partial charge in [0, 0.05) is 11.1 Å². The minimum Gasteiger partial charge on any atom is -0.382 e. The number of anilines is 1. The van der Waals surface area contributed by atoms with E-state index in [1.54, 1.807) is 0 Å². The summed E-state index contributed by atoms with van der Waals surface area (Å²) in [7, 11) is 0. The van der Waals surface area contributed by atoms with E-state index in [-0.39, 0.29) is 0 Å². The summed E-state index contributed by atoms with van der Waals surface area (Å²) in [4.78, 5) is 4.36. The van der Waals surface area contributed by atoms with E-state index in [4.69, 9.17) is 5.73 Å². The van der Waals surface area contributed by atoms with Gasteiger partial charge in [0.25, 0.3) is 0 Å². The van der Waals surface area contributed by atoms with Crippen molar-refractivity contribution in [3.05, 3.63) is 11.4 Å². The smallest absolute Gasteiger partial charge is 0.188 e. The highest BCUT2D eigenvalue weighted by Gasteiger charge is 2.14. The number of aromatic amines is 2. The number of aryl methyl sites for hydroxylation is 2. The molecule has 3 aromatic heterocycles. The monoisotopic (exact) mass is 202 g/mol. The number of nitrogens with one attached hydrogen (secondary N) is 2. The number of H-pyrrole nitrogens is 2. The van der Waals surface area contributed by atoms with Crippen LogP contribution in [0, 0.1) is 13.8 Å². The van der Waals surface area contributed by atoms with Gasteiger partial charge in [-0.3, -0.25) is 5.10 Å². The third-order valence-corrected chi connectivity index (χ3v) is 2.62. The number of rotatable bonds is 0. The largest absolute Gasteiger partial charge is 0.382 e. The maximum Gasteiger partial charge on any atom is 0.188 e. The average Bonchev–Trinajstić information content (AvgIpc) is 2.72. The number of nitrogens with two attached hydrogens (primary N) is 1. The second kappa shape index (κ2) is 2.47. The summed E-state index contributed by atoms with van der Waals surface area (Å²) in [6, 6.07) is 0. The molecule has 3 heterocycles. The normalized spacial score (nSPS) is 11.6. The van der Waals surface area contributed by atoms with Crippen molar-refractivity contribution in [1.82, 2.24) is 25.4 Å². The number of hydrogen-bond donors (Lipinski definition) is 3. The highest BCUT2D eigenvalue weighted by Crippen LogP contribution is 2.28. The molecule has 0 fully saturated rings. The zero-order valence-electron chi connectivity index (χ0n) is 8.42. The third-order valence-electron chi connectivity index (χ3n) is 2.62. The SMILES string of the molecule is Cc1nc2nnc(N)c2c2[nH][nH]c(C)c12. The summed E-state index contributed by atoms with van der Waals surface area (Å²) in [5, 5.41) is 15.7. The Morgan fingerprint density at radius 3 is 2.67 bits per heavy atom. The molecule has 6 heteroatoms. The van der Waals surface area contributed by atoms with E-state index in [0.29, 0.717) is 11.5 Å². The van der Waals surface area contributed by atoms with E-state index >= 15 is 0 Å². The van der Waals surface area contributed by atoms with Crippen molar-refractivity contribution >= 4 is 27.8 Å². The van der Waals surface area contributed by atoms with Crippen LogP contribution in [0.15, 0.2) is 0 Å². The predicted octanol–water partition coefficient (Wildman–Crippen LogP) is 1.03. The summed E-state index contributed by atoms with van der Waals surface area (Å²) >= 11 is 0. The molecule has 0 atom stereocenters. The lowest BCUT2D eigenvalue weighted by molar-refractivity contribution is 1.07. The van der Waals surface area contributed by atoms with Crippen molar-refractivity contribution in [2.24, 2.45) is 0 Å². The lowest BCUT2D eigenvalue weighted by atomic mass is 10.1. The number of nitrogen functional groups attached to an aromatic ring is 1. The Balaban J connectivity index is 2.68. The molecule has 0 aliphatic rings. The van der Waals surface area contributed by atoms with Gasteiger partial charge in [0.05, 0.1) is 16.6 Å². The summed E-state index contributed by atoms with van der Waals surface area (Å²) in [6.45, 7) is 3.93. The first-order chi connectivity index (χ1) is 7.18. The first-order valence-corrected chi connectivity index (χ1v) is 4.63. The van der Waals surface area contributed by atoms with Crippen molar-refractivity contribution in [2.45, 2.75) is 13.8 Å². The highest BCUT2D eigenvalue weighted by molar-refractivity contribution is 6.08. The Morgan fingerprint density at radius 1 is 1.07 bits per heavy atom. The molecule has 0 amide bonds. The molecule has 0 spiro atoms. The van der Waals surface area contributed by atoms with Gasteiger partial charge < -0.3 is 10.8 Å². The van der Waals surface area contributed by atoms with Gasteiger partial charge in [-0.05, 0) is 13.8 Å². The fraction of sp³-hybridized carbons (Fsp3) is 0.222. The number of fused-ring (bicyclic) bond motifs is 3. The van der Waals surface area contributed by atoms with Gasteiger partial charge in [-0.15, -0.1) is 10.2 Å². The van der Waals surface area contributed by atoms with Crippen LogP contribution < -0.4 is 5.73 Å². The van der Waals surface area contributed by atoms with Crippen LogP contribution in [0.25, 0.3) is 21.9 Å². The Kier molecular flexibility index (Phi) is 1.35. The van der Waals surface area contributed by atoms with E-state index < -0.39 is 0 Å². The Labute approximate surface area is 84.9 Å².